The minimum atomic E-state index is -0.183. The molecule has 0 radical (unpaired) electrons. The molecule has 1 amide bonds. The van der Waals surface area contributed by atoms with Gasteiger partial charge in [0, 0.05) is 6.54 Å². The molecule has 0 aliphatic heterocycles. The molecular formula is C17H23N7O. The number of carbonyl (C=O) groups excluding carboxylic acids is 1. The molecule has 132 valence electrons. The highest BCUT2D eigenvalue weighted by molar-refractivity contribution is 5.77. The van der Waals surface area contributed by atoms with Crippen molar-refractivity contribution in [3.63, 3.8) is 0 Å². The number of H-pyrrole nitrogens is 1. The van der Waals surface area contributed by atoms with Crippen LogP contribution in [-0.4, -0.2) is 30.9 Å². The largest absolute Gasteiger partial charge is 0.345 e. The van der Waals surface area contributed by atoms with Gasteiger partial charge in [0.25, 0.3) is 0 Å². The van der Waals surface area contributed by atoms with Crippen molar-refractivity contribution < 1.29 is 4.79 Å². The smallest absolute Gasteiger partial charge is 0.242 e. The van der Waals surface area contributed by atoms with Gasteiger partial charge >= 0.3 is 0 Å². The number of hydrogen-bond acceptors (Lipinski definition) is 5. The lowest BCUT2D eigenvalue weighted by molar-refractivity contribution is -0.122. The van der Waals surface area contributed by atoms with Gasteiger partial charge in [-0.3, -0.25) is 4.79 Å². The van der Waals surface area contributed by atoms with Crippen LogP contribution < -0.4 is 11.1 Å². The number of aromatic nitrogens is 5. The zero-order valence-electron chi connectivity index (χ0n) is 14.4. The van der Waals surface area contributed by atoms with Crippen LogP contribution in [0.3, 0.4) is 0 Å². The highest BCUT2D eigenvalue weighted by Crippen LogP contribution is 2.21. The van der Waals surface area contributed by atoms with Crippen LogP contribution >= 0.6 is 0 Å². The fourth-order valence-electron chi connectivity index (χ4n) is 2.74. The van der Waals surface area contributed by atoms with E-state index in [0.29, 0.717) is 18.2 Å². The van der Waals surface area contributed by atoms with E-state index in [9.17, 15) is 4.79 Å². The Labute approximate surface area is 145 Å². The molecule has 0 saturated carbocycles. The number of nitrogens with zero attached hydrogens (tertiary/aromatic N) is 4. The summed E-state index contributed by atoms with van der Waals surface area (Å²) in [6, 6.07) is 7.65. The normalized spacial score (nSPS) is 12.6. The molecule has 0 bridgehead atoms. The van der Waals surface area contributed by atoms with Gasteiger partial charge in [0.2, 0.25) is 5.91 Å². The Kier molecular flexibility index (Phi) is 5.08. The minimum absolute atomic E-state index is 0.0990. The summed E-state index contributed by atoms with van der Waals surface area (Å²) >= 11 is 0. The molecule has 3 rings (SSSR count). The van der Waals surface area contributed by atoms with Gasteiger partial charge in [0.05, 0.1) is 29.0 Å². The molecule has 1 unspecified atom stereocenters. The van der Waals surface area contributed by atoms with E-state index >= 15 is 0 Å². The van der Waals surface area contributed by atoms with E-state index in [4.69, 9.17) is 5.73 Å². The summed E-state index contributed by atoms with van der Waals surface area (Å²) < 4.78 is 1.49. The van der Waals surface area contributed by atoms with Gasteiger partial charge in [0.1, 0.15) is 12.4 Å². The number of carbonyl (C=O) groups is 1. The third kappa shape index (κ3) is 4.21. The molecule has 2 aromatic heterocycles. The van der Waals surface area contributed by atoms with E-state index in [0.717, 1.165) is 23.3 Å². The summed E-state index contributed by atoms with van der Waals surface area (Å²) in [7, 11) is 0. The molecule has 25 heavy (non-hydrogen) atoms. The Morgan fingerprint density at radius 2 is 2.16 bits per heavy atom. The highest BCUT2D eigenvalue weighted by Gasteiger charge is 2.20. The average molecular weight is 341 g/mol. The van der Waals surface area contributed by atoms with Crippen LogP contribution in [0.25, 0.3) is 11.0 Å². The van der Waals surface area contributed by atoms with Crippen LogP contribution in [0.15, 0.2) is 30.5 Å². The van der Waals surface area contributed by atoms with Gasteiger partial charge in [0.15, 0.2) is 0 Å². The Morgan fingerprint density at radius 3 is 2.84 bits per heavy atom. The topological polar surface area (TPSA) is 115 Å². The maximum atomic E-state index is 12.4. The summed E-state index contributed by atoms with van der Waals surface area (Å²) in [5.41, 5.74) is 8.03. The number of amides is 1. The van der Waals surface area contributed by atoms with Crippen molar-refractivity contribution in [1.29, 1.82) is 0 Å². The molecule has 4 N–H and O–H groups in total. The van der Waals surface area contributed by atoms with E-state index in [1.807, 2.05) is 24.3 Å². The molecule has 3 aromatic rings. The second-order valence-electron chi connectivity index (χ2n) is 6.50. The van der Waals surface area contributed by atoms with Crippen molar-refractivity contribution >= 4 is 16.9 Å². The van der Waals surface area contributed by atoms with Crippen molar-refractivity contribution in [2.45, 2.75) is 39.4 Å². The summed E-state index contributed by atoms with van der Waals surface area (Å²) in [6.07, 6.45) is 2.47. The zero-order valence-corrected chi connectivity index (χ0v) is 14.4. The third-order valence-electron chi connectivity index (χ3n) is 3.88. The number of nitrogens with one attached hydrogen (secondary N) is 2. The third-order valence-corrected chi connectivity index (χ3v) is 3.88. The lowest BCUT2D eigenvalue weighted by atomic mass is 10.0. The lowest BCUT2D eigenvalue weighted by Gasteiger charge is -2.18. The molecule has 0 fully saturated rings. The van der Waals surface area contributed by atoms with Gasteiger partial charge in [-0.1, -0.05) is 31.2 Å². The van der Waals surface area contributed by atoms with Crippen LogP contribution in [0.1, 0.15) is 37.8 Å². The molecule has 2 heterocycles. The van der Waals surface area contributed by atoms with Crippen molar-refractivity contribution in [3.8, 4) is 0 Å². The summed E-state index contributed by atoms with van der Waals surface area (Å²) in [4.78, 5) is 20.3. The highest BCUT2D eigenvalue weighted by atomic mass is 16.2. The van der Waals surface area contributed by atoms with E-state index in [1.54, 1.807) is 6.20 Å². The van der Waals surface area contributed by atoms with Crippen LogP contribution in [-0.2, 0) is 17.9 Å². The number of benzene rings is 1. The first-order chi connectivity index (χ1) is 12.0. The van der Waals surface area contributed by atoms with Crippen LogP contribution in [0.5, 0.6) is 0 Å². The van der Waals surface area contributed by atoms with Gasteiger partial charge in [-0.15, -0.1) is 5.10 Å². The second kappa shape index (κ2) is 7.43. The molecular weight excluding hydrogens is 318 g/mol. The molecule has 0 aliphatic rings. The van der Waals surface area contributed by atoms with Gasteiger partial charge < -0.3 is 16.0 Å². The number of nitrogens with two attached hydrogens (primary N) is 1. The average Bonchev–Trinajstić information content (AvgIpc) is 3.19. The Morgan fingerprint density at radius 1 is 1.36 bits per heavy atom. The number of imidazole rings is 1. The van der Waals surface area contributed by atoms with Crippen molar-refractivity contribution in [2.75, 3.05) is 0 Å². The van der Waals surface area contributed by atoms with Gasteiger partial charge in [-0.25, -0.2) is 9.67 Å². The number of hydrogen-bond donors (Lipinski definition) is 3. The monoisotopic (exact) mass is 341 g/mol. The Balaban J connectivity index is 1.74. The van der Waals surface area contributed by atoms with Crippen LogP contribution in [0.2, 0.25) is 0 Å². The molecule has 1 atom stereocenters. The summed E-state index contributed by atoms with van der Waals surface area (Å²) in [6.45, 7) is 4.64. The van der Waals surface area contributed by atoms with Crippen molar-refractivity contribution in [1.82, 2.24) is 30.3 Å². The standard InChI is InChI=1S/C17H23N7O/c1-11(2)7-15(17-20-13-5-3-4-6-14(13)21-17)19-16(25)10-24-9-12(8-18)22-23-24/h3-6,9,11,15H,7-8,10,18H2,1-2H3,(H,19,25)(H,20,21). The van der Waals surface area contributed by atoms with E-state index in [1.165, 1.54) is 4.68 Å². The summed E-state index contributed by atoms with van der Waals surface area (Å²) in [5, 5.41) is 10.8. The summed E-state index contributed by atoms with van der Waals surface area (Å²) in [5.74, 6) is 1.04. The number of fused-ring (bicyclic) bond motifs is 1. The number of aromatic amines is 1. The predicted molar refractivity (Wildman–Crippen MR) is 94.3 cm³/mol. The number of para-hydroxylation sites is 2. The van der Waals surface area contributed by atoms with Crippen molar-refractivity contribution in [3.05, 3.63) is 42.0 Å². The molecule has 8 heteroatoms. The molecule has 0 spiro atoms. The molecule has 0 saturated heterocycles. The fourth-order valence-corrected chi connectivity index (χ4v) is 2.74. The van der Waals surface area contributed by atoms with E-state index < -0.39 is 0 Å². The molecule has 0 aliphatic carbocycles. The SMILES string of the molecule is CC(C)CC(NC(=O)Cn1cc(CN)nn1)c1nc2ccccc2[nH]1. The first kappa shape index (κ1) is 17.1. The van der Waals surface area contributed by atoms with Crippen molar-refractivity contribution in [2.24, 2.45) is 11.7 Å². The van der Waals surface area contributed by atoms with Crippen LogP contribution in [0, 0.1) is 5.92 Å². The van der Waals surface area contributed by atoms with E-state index in [-0.39, 0.29) is 18.5 Å². The quantitative estimate of drug-likeness (QED) is 0.603. The Hall–Kier alpha value is -2.74. The second-order valence-corrected chi connectivity index (χ2v) is 6.50. The first-order valence-corrected chi connectivity index (χ1v) is 8.38. The number of rotatable bonds is 7. The zero-order chi connectivity index (χ0) is 17.8. The van der Waals surface area contributed by atoms with E-state index in [2.05, 4.69) is 39.4 Å². The predicted octanol–water partition coefficient (Wildman–Crippen LogP) is 1.52. The maximum absolute atomic E-state index is 12.4. The lowest BCUT2D eigenvalue weighted by Crippen LogP contribution is -2.33. The van der Waals surface area contributed by atoms with Crippen LogP contribution in [0.4, 0.5) is 0 Å². The molecule has 8 nitrogen and oxygen atoms in total. The fraction of sp³-hybridized carbons (Fsp3) is 0.412. The van der Waals surface area contributed by atoms with Gasteiger partial charge in [-0.05, 0) is 24.5 Å². The maximum Gasteiger partial charge on any atom is 0.242 e. The molecule has 1 aromatic carbocycles. The first-order valence-electron chi connectivity index (χ1n) is 8.38. The Bertz CT molecular complexity index is 818. The minimum Gasteiger partial charge on any atom is -0.345 e. The van der Waals surface area contributed by atoms with Gasteiger partial charge in [-0.2, -0.15) is 0 Å².